The maximum atomic E-state index is 12.2. The van der Waals surface area contributed by atoms with E-state index in [4.69, 9.17) is 10.5 Å². The Kier molecular flexibility index (Phi) is 3.75. The number of primary amides is 1. The van der Waals surface area contributed by atoms with E-state index < -0.39 is 0 Å². The van der Waals surface area contributed by atoms with Crippen molar-refractivity contribution >= 4 is 23.2 Å². The second-order valence-corrected chi connectivity index (χ2v) is 7.07. The zero-order valence-corrected chi connectivity index (χ0v) is 12.9. The van der Waals surface area contributed by atoms with Gasteiger partial charge in [-0.1, -0.05) is 6.42 Å². The van der Waals surface area contributed by atoms with E-state index in [1.54, 1.807) is 16.7 Å². The third-order valence-electron chi connectivity index (χ3n) is 4.85. The Morgan fingerprint density at radius 2 is 2.38 bits per heavy atom. The molecule has 5 nitrogen and oxygen atoms in total. The number of hydrogen-bond donors (Lipinski definition) is 1. The Hall–Kier alpha value is -1.40. The van der Waals surface area contributed by atoms with Crippen molar-refractivity contribution in [1.82, 2.24) is 4.90 Å². The van der Waals surface area contributed by atoms with Gasteiger partial charge >= 0.3 is 5.97 Å². The van der Waals surface area contributed by atoms with Crippen LogP contribution in [0.1, 0.15) is 34.5 Å². The average Bonchev–Trinajstić information content (AvgIpc) is 3.11. The lowest BCUT2D eigenvalue weighted by atomic mass is 9.81. The summed E-state index contributed by atoms with van der Waals surface area (Å²) in [7, 11) is 1.48. The first-order chi connectivity index (χ1) is 10.0. The molecule has 0 spiro atoms. The number of fused-ring (bicyclic) bond motifs is 1. The zero-order valence-electron chi connectivity index (χ0n) is 12.1. The monoisotopic (exact) mass is 308 g/mol. The van der Waals surface area contributed by atoms with Gasteiger partial charge in [-0.2, -0.15) is 0 Å². The highest BCUT2D eigenvalue weighted by molar-refractivity contribution is 7.10. The minimum absolute atomic E-state index is 0.0588. The molecular formula is C15H20N2O3S. The van der Waals surface area contributed by atoms with Gasteiger partial charge in [0.15, 0.2) is 0 Å². The quantitative estimate of drug-likeness (QED) is 0.858. The molecule has 1 amide bonds. The maximum absolute atomic E-state index is 12.2. The number of esters is 1. The second-order valence-electron chi connectivity index (χ2n) is 6.07. The van der Waals surface area contributed by atoms with Crippen LogP contribution >= 0.6 is 11.3 Å². The van der Waals surface area contributed by atoms with Crippen molar-refractivity contribution in [1.29, 1.82) is 0 Å². The molecule has 114 valence electrons. The van der Waals surface area contributed by atoms with Gasteiger partial charge in [0.1, 0.15) is 0 Å². The molecule has 0 radical (unpaired) electrons. The van der Waals surface area contributed by atoms with Gasteiger partial charge in [0.25, 0.3) is 0 Å². The van der Waals surface area contributed by atoms with Crippen molar-refractivity contribution in [2.75, 3.05) is 20.2 Å². The van der Waals surface area contributed by atoms with Crippen LogP contribution in [0, 0.1) is 11.3 Å². The molecule has 2 fully saturated rings. The Morgan fingerprint density at radius 1 is 1.57 bits per heavy atom. The first-order valence-electron chi connectivity index (χ1n) is 7.23. The molecule has 1 aromatic rings. The number of nitrogens with zero attached hydrogens (tertiary/aromatic N) is 1. The van der Waals surface area contributed by atoms with Crippen molar-refractivity contribution in [3.63, 3.8) is 0 Å². The molecular weight excluding hydrogens is 288 g/mol. The number of carbonyl (C=O) groups is 2. The summed E-state index contributed by atoms with van der Waals surface area (Å²) in [6, 6.07) is 1.85. The minimum Gasteiger partial charge on any atom is -0.469 e. The second kappa shape index (κ2) is 5.42. The fourth-order valence-electron chi connectivity index (χ4n) is 3.86. The summed E-state index contributed by atoms with van der Waals surface area (Å²) in [5, 5.41) is 1.80. The number of hydrogen-bond acceptors (Lipinski definition) is 5. The summed E-state index contributed by atoms with van der Waals surface area (Å²) in [5.74, 6) is -0.0427. The molecule has 1 aromatic heterocycles. The number of thiophene rings is 1. The summed E-state index contributed by atoms with van der Waals surface area (Å²) in [4.78, 5) is 26.8. The highest BCUT2D eigenvalue weighted by Gasteiger charge is 2.55. The third kappa shape index (κ3) is 2.46. The van der Waals surface area contributed by atoms with Crippen LogP contribution in [0.4, 0.5) is 0 Å². The van der Waals surface area contributed by atoms with Crippen LogP contribution in [0.25, 0.3) is 0 Å². The fraction of sp³-hybridized carbons (Fsp3) is 0.600. The van der Waals surface area contributed by atoms with Gasteiger partial charge in [-0.25, -0.2) is 0 Å². The van der Waals surface area contributed by atoms with Crippen molar-refractivity contribution in [2.45, 2.75) is 25.8 Å². The number of likely N-dealkylation sites (tertiary alicyclic amines) is 1. The zero-order chi connectivity index (χ0) is 15.0. The van der Waals surface area contributed by atoms with Crippen LogP contribution < -0.4 is 5.73 Å². The van der Waals surface area contributed by atoms with Gasteiger partial charge in [0.05, 0.1) is 18.1 Å². The normalized spacial score (nSPS) is 28.5. The van der Waals surface area contributed by atoms with Crippen LogP contribution in [0.2, 0.25) is 0 Å². The molecule has 0 aromatic carbocycles. The summed E-state index contributed by atoms with van der Waals surface area (Å²) < 4.78 is 5.05. The van der Waals surface area contributed by atoms with Gasteiger partial charge in [-0.15, -0.1) is 11.3 Å². The molecule has 0 bridgehead atoms. The summed E-state index contributed by atoms with van der Waals surface area (Å²) in [5.41, 5.74) is 5.54. The van der Waals surface area contributed by atoms with Crippen LogP contribution in [0.5, 0.6) is 0 Å². The van der Waals surface area contributed by atoms with Crippen LogP contribution in [-0.2, 0) is 16.1 Å². The molecule has 2 heterocycles. The van der Waals surface area contributed by atoms with E-state index in [0.29, 0.717) is 11.5 Å². The molecule has 2 atom stereocenters. The number of rotatable bonds is 4. The van der Waals surface area contributed by atoms with Gasteiger partial charge < -0.3 is 10.5 Å². The van der Waals surface area contributed by atoms with E-state index in [1.165, 1.54) is 7.11 Å². The van der Waals surface area contributed by atoms with Gasteiger partial charge in [-0.05, 0) is 24.8 Å². The lowest BCUT2D eigenvalue weighted by Gasteiger charge is -2.25. The Labute approximate surface area is 128 Å². The first kappa shape index (κ1) is 14.5. The first-order valence-corrected chi connectivity index (χ1v) is 8.11. The van der Waals surface area contributed by atoms with E-state index in [9.17, 15) is 9.59 Å². The van der Waals surface area contributed by atoms with E-state index >= 15 is 0 Å². The van der Waals surface area contributed by atoms with Crippen molar-refractivity contribution in [2.24, 2.45) is 17.1 Å². The molecule has 1 saturated heterocycles. The largest absolute Gasteiger partial charge is 0.469 e. The minimum atomic E-state index is -0.387. The molecule has 2 aliphatic rings. The van der Waals surface area contributed by atoms with Gasteiger partial charge in [0.2, 0.25) is 5.91 Å². The van der Waals surface area contributed by atoms with Gasteiger partial charge in [0, 0.05) is 29.9 Å². The standard InChI is InChI=1S/C15H20N2O3S/c1-20-14(19)15-4-2-3-11(15)6-17(9-15)7-12-5-10(8-21-12)13(16)18/h5,8,11H,2-4,6-7,9H2,1H3,(H2,16,18)/t11-,15+/m0/s1. The molecule has 0 unspecified atom stereocenters. The maximum Gasteiger partial charge on any atom is 0.313 e. The SMILES string of the molecule is COC(=O)[C@@]12CCC[C@H]1CN(Cc1cc(C(N)=O)cs1)C2. The third-order valence-corrected chi connectivity index (χ3v) is 5.77. The summed E-state index contributed by atoms with van der Waals surface area (Å²) in [6.45, 7) is 2.46. The van der Waals surface area contributed by atoms with Gasteiger partial charge in [-0.3, -0.25) is 14.5 Å². The molecule has 3 rings (SSSR count). The van der Waals surface area contributed by atoms with Crippen LogP contribution in [0.15, 0.2) is 11.4 Å². The highest BCUT2D eigenvalue weighted by atomic mass is 32.1. The lowest BCUT2D eigenvalue weighted by Crippen LogP contribution is -2.36. The molecule has 6 heteroatoms. The number of ether oxygens (including phenoxy) is 1. The van der Waals surface area contributed by atoms with E-state index in [-0.39, 0.29) is 17.3 Å². The fourth-order valence-corrected chi connectivity index (χ4v) is 4.78. The predicted molar refractivity (Wildman–Crippen MR) is 79.9 cm³/mol. The Bertz CT molecular complexity index is 571. The molecule has 1 aliphatic carbocycles. The smallest absolute Gasteiger partial charge is 0.313 e. The van der Waals surface area contributed by atoms with E-state index in [0.717, 1.165) is 43.8 Å². The Balaban J connectivity index is 1.71. The van der Waals surface area contributed by atoms with Crippen LogP contribution in [0.3, 0.4) is 0 Å². The van der Waals surface area contributed by atoms with E-state index in [1.807, 2.05) is 6.07 Å². The Morgan fingerprint density at radius 3 is 3.05 bits per heavy atom. The van der Waals surface area contributed by atoms with Crippen molar-refractivity contribution in [3.8, 4) is 0 Å². The molecule has 2 N–H and O–H groups in total. The van der Waals surface area contributed by atoms with E-state index in [2.05, 4.69) is 4.90 Å². The topological polar surface area (TPSA) is 72.6 Å². The van der Waals surface area contributed by atoms with Crippen LogP contribution in [-0.4, -0.2) is 37.0 Å². The number of nitrogens with two attached hydrogens (primary N) is 1. The van der Waals surface area contributed by atoms with Crippen molar-refractivity contribution < 1.29 is 14.3 Å². The summed E-state index contributed by atoms with van der Waals surface area (Å²) >= 11 is 1.55. The molecule has 21 heavy (non-hydrogen) atoms. The number of methoxy groups -OCH3 is 1. The summed E-state index contributed by atoms with van der Waals surface area (Å²) in [6.07, 6.45) is 3.14. The lowest BCUT2D eigenvalue weighted by molar-refractivity contribution is -0.153. The number of carbonyl (C=O) groups excluding carboxylic acids is 2. The highest BCUT2D eigenvalue weighted by Crippen LogP contribution is 2.49. The molecule has 1 aliphatic heterocycles. The predicted octanol–water partition coefficient (Wildman–Crippen LogP) is 1.62. The van der Waals surface area contributed by atoms with Crippen molar-refractivity contribution in [3.05, 3.63) is 21.9 Å². The molecule has 1 saturated carbocycles. The number of amides is 1. The average molecular weight is 308 g/mol.